The Bertz CT molecular complexity index is 912. The lowest BCUT2D eigenvalue weighted by atomic mass is 9.81. The van der Waals surface area contributed by atoms with Gasteiger partial charge in [0.1, 0.15) is 18.1 Å². The van der Waals surface area contributed by atoms with Crippen LogP contribution in [0.15, 0.2) is 24.3 Å². The van der Waals surface area contributed by atoms with Gasteiger partial charge in [-0.3, -0.25) is 19.8 Å². The Labute approximate surface area is 262 Å². The average Bonchev–Trinajstić information content (AvgIpc) is 2.99. The zero-order valence-electron chi connectivity index (χ0n) is 28.8. The molecule has 1 rings (SSSR count). The van der Waals surface area contributed by atoms with E-state index < -0.39 is 23.4 Å². The number of ketones is 2. The maximum Gasteiger partial charge on any atom is 0.333 e. The van der Waals surface area contributed by atoms with Crippen LogP contribution in [0.25, 0.3) is 0 Å². The van der Waals surface area contributed by atoms with Crippen LogP contribution in [0.4, 0.5) is 4.79 Å². The van der Waals surface area contributed by atoms with Gasteiger partial charge in [0.2, 0.25) is 5.91 Å². The van der Waals surface area contributed by atoms with Crippen molar-refractivity contribution in [2.75, 3.05) is 13.2 Å². The summed E-state index contributed by atoms with van der Waals surface area (Å²) in [6.45, 7) is 25.8. The molecule has 1 aromatic carbocycles. The highest BCUT2D eigenvalue weighted by Crippen LogP contribution is 2.24. The van der Waals surface area contributed by atoms with E-state index in [2.05, 4.69) is 16.2 Å². The average molecular weight is 603 g/mol. The standard InChI is InChI=1S/C27H44N4O5.3C2H6.4H2/c1-8-27(6,7)24(34)21(28)13-14-22(32)30-31-25(35)29-15-16-36-20-11-9-19(10-12-20)17-18(2)23(33)26(3,4)5;3*1-2;;;;/h9-12,18,21H,8,13-17,28H2,1-7H3,(H,30,32)(H2,29,31,35);3*1-2H3;4*1H. The maximum atomic E-state index is 12.4. The van der Waals surface area contributed by atoms with Crippen molar-refractivity contribution in [1.82, 2.24) is 16.2 Å². The molecule has 0 spiro atoms. The lowest BCUT2D eigenvalue weighted by molar-refractivity contribution is -0.130. The zero-order valence-corrected chi connectivity index (χ0v) is 28.8. The van der Waals surface area contributed by atoms with Gasteiger partial charge in [0.15, 0.2) is 5.78 Å². The number of nitrogens with two attached hydrogens (primary N) is 1. The lowest BCUT2D eigenvalue weighted by Crippen LogP contribution is -2.48. The van der Waals surface area contributed by atoms with E-state index in [9.17, 15) is 19.2 Å². The van der Waals surface area contributed by atoms with Crippen LogP contribution in [0.1, 0.15) is 121 Å². The van der Waals surface area contributed by atoms with Crippen molar-refractivity contribution < 1.29 is 29.6 Å². The highest BCUT2D eigenvalue weighted by Gasteiger charge is 2.30. The van der Waals surface area contributed by atoms with Crippen LogP contribution in [-0.4, -0.2) is 42.7 Å². The topological polar surface area (TPSA) is 140 Å². The van der Waals surface area contributed by atoms with Crippen molar-refractivity contribution in [3.05, 3.63) is 29.8 Å². The number of hydrogen-bond acceptors (Lipinski definition) is 6. The molecule has 0 saturated carbocycles. The molecule has 0 heterocycles. The number of benzene rings is 1. The molecule has 0 aliphatic rings. The van der Waals surface area contributed by atoms with Gasteiger partial charge < -0.3 is 15.8 Å². The molecule has 0 aromatic heterocycles. The Morgan fingerprint density at radius 1 is 0.881 bits per heavy atom. The van der Waals surface area contributed by atoms with E-state index in [4.69, 9.17) is 10.5 Å². The summed E-state index contributed by atoms with van der Waals surface area (Å²) in [7, 11) is 0. The van der Waals surface area contributed by atoms with E-state index in [-0.39, 0.29) is 54.6 Å². The van der Waals surface area contributed by atoms with E-state index in [1.54, 1.807) is 0 Å². The smallest absolute Gasteiger partial charge is 0.333 e. The molecule has 0 fully saturated rings. The molecule has 9 heteroatoms. The molecule has 9 nitrogen and oxygen atoms in total. The summed E-state index contributed by atoms with van der Waals surface area (Å²) in [5.74, 6) is 0.313. The number of ether oxygens (including phenoxy) is 1. The molecule has 0 saturated heterocycles. The zero-order chi connectivity index (χ0) is 33.5. The summed E-state index contributed by atoms with van der Waals surface area (Å²) in [5, 5.41) is 2.58. The molecule has 42 heavy (non-hydrogen) atoms. The number of rotatable bonds is 13. The molecule has 252 valence electrons. The third-order valence-corrected chi connectivity index (χ3v) is 6.19. The second-order valence-corrected chi connectivity index (χ2v) is 10.9. The van der Waals surface area contributed by atoms with Gasteiger partial charge in [-0.1, -0.05) is 102 Å². The predicted octanol–water partition coefficient (Wildman–Crippen LogP) is 7.37. The Kier molecular flexibility index (Phi) is 24.5. The van der Waals surface area contributed by atoms with E-state index in [1.807, 2.05) is 114 Å². The highest BCUT2D eigenvalue weighted by atomic mass is 16.5. The van der Waals surface area contributed by atoms with Crippen LogP contribution in [0, 0.1) is 16.7 Å². The summed E-state index contributed by atoms with van der Waals surface area (Å²) in [6, 6.07) is 6.23. The molecule has 0 bridgehead atoms. The first-order valence-corrected chi connectivity index (χ1v) is 15.6. The van der Waals surface area contributed by atoms with Crippen molar-refractivity contribution in [1.29, 1.82) is 0 Å². The molecule has 2 unspecified atom stereocenters. The molecule has 0 aliphatic carbocycles. The summed E-state index contributed by atoms with van der Waals surface area (Å²) < 4.78 is 5.63. The fourth-order valence-electron chi connectivity index (χ4n) is 3.57. The van der Waals surface area contributed by atoms with Gasteiger partial charge >= 0.3 is 6.03 Å². The van der Waals surface area contributed by atoms with Gasteiger partial charge in [-0.05, 0) is 37.0 Å². The van der Waals surface area contributed by atoms with Gasteiger partial charge in [-0.25, -0.2) is 10.2 Å². The van der Waals surface area contributed by atoms with E-state index in [0.29, 0.717) is 18.6 Å². The van der Waals surface area contributed by atoms with Crippen molar-refractivity contribution in [3.63, 3.8) is 0 Å². The molecule has 0 aliphatic heterocycles. The first-order chi connectivity index (χ1) is 19.7. The number of carbonyl (C=O) groups excluding carboxylic acids is 4. The van der Waals surface area contributed by atoms with Crippen LogP contribution >= 0.6 is 0 Å². The minimum absolute atomic E-state index is 0. The molecule has 3 amide bonds. The van der Waals surface area contributed by atoms with Gasteiger partial charge in [-0.15, -0.1) is 0 Å². The summed E-state index contributed by atoms with van der Waals surface area (Å²) in [5.41, 5.74) is 10.6. The second kappa shape index (κ2) is 23.6. The number of urea groups is 1. The van der Waals surface area contributed by atoms with E-state index in [1.165, 1.54) is 0 Å². The van der Waals surface area contributed by atoms with Gasteiger partial charge in [0.05, 0.1) is 12.6 Å². The SMILES string of the molecule is CC.CC.CC.CCC(C)(C)C(=O)C(N)CCC(=O)NNC(=O)NCCOc1ccc(CC(C)C(=O)C(C)(C)C)cc1.[HH].[HH].[HH].[HH]. The normalized spacial score (nSPS) is 11.9. The minimum Gasteiger partial charge on any atom is -0.492 e. The van der Waals surface area contributed by atoms with Crippen LogP contribution in [0.2, 0.25) is 0 Å². The summed E-state index contributed by atoms with van der Waals surface area (Å²) in [4.78, 5) is 48.4. The Balaban J connectivity index is -0.000000286. The van der Waals surface area contributed by atoms with E-state index in [0.717, 1.165) is 5.56 Å². The van der Waals surface area contributed by atoms with Crippen molar-refractivity contribution in [2.45, 2.75) is 122 Å². The third kappa shape index (κ3) is 18.5. The first kappa shape index (κ1) is 43.5. The minimum atomic E-state index is -0.722. The van der Waals surface area contributed by atoms with E-state index >= 15 is 0 Å². The molecular weight excluding hydrogens is 532 g/mol. The number of amides is 3. The fraction of sp³-hybridized carbons (Fsp3) is 0.697. The number of hydrazine groups is 1. The third-order valence-electron chi connectivity index (χ3n) is 6.19. The van der Waals surface area contributed by atoms with Crippen molar-refractivity contribution >= 4 is 23.5 Å². The monoisotopic (exact) mass is 603 g/mol. The maximum absolute atomic E-state index is 12.4. The Morgan fingerprint density at radius 2 is 1.40 bits per heavy atom. The van der Waals surface area contributed by atoms with Crippen molar-refractivity contribution in [3.8, 4) is 5.75 Å². The highest BCUT2D eigenvalue weighted by molar-refractivity contribution is 5.89. The quantitative estimate of drug-likeness (QED) is 0.137. The molecule has 1 aromatic rings. The summed E-state index contributed by atoms with van der Waals surface area (Å²) in [6.07, 6.45) is 1.56. The van der Waals surface area contributed by atoms with Gasteiger partial charge in [-0.2, -0.15) is 0 Å². The van der Waals surface area contributed by atoms with Crippen LogP contribution in [0.5, 0.6) is 5.75 Å². The second-order valence-electron chi connectivity index (χ2n) is 10.9. The fourth-order valence-corrected chi connectivity index (χ4v) is 3.57. The summed E-state index contributed by atoms with van der Waals surface area (Å²) >= 11 is 0. The Hall–Kier alpha value is -2.94. The lowest BCUT2D eigenvalue weighted by Gasteiger charge is -2.24. The Morgan fingerprint density at radius 3 is 1.88 bits per heavy atom. The largest absolute Gasteiger partial charge is 0.492 e. The van der Waals surface area contributed by atoms with Gasteiger partial charge in [0.25, 0.3) is 0 Å². The molecule has 0 radical (unpaired) electrons. The molecule has 5 N–H and O–H groups in total. The van der Waals surface area contributed by atoms with Crippen LogP contribution in [-0.2, 0) is 20.8 Å². The molecule has 2 atom stereocenters. The number of nitrogens with one attached hydrogen (secondary N) is 3. The predicted molar refractivity (Wildman–Crippen MR) is 183 cm³/mol. The number of Topliss-reactive ketones (excluding diaryl/α,β-unsaturated/α-hetero) is 2. The van der Waals surface area contributed by atoms with Crippen LogP contribution in [0.3, 0.4) is 0 Å². The molecular formula is C33H70N4O5. The van der Waals surface area contributed by atoms with Gasteiger partial charge in [0, 0.05) is 28.9 Å². The van der Waals surface area contributed by atoms with Crippen LogP contribution < -0.4 is 26.6 Å². The first-order valence-electron chi connectivity index (χ1n) is 15.6. The van der Waals surface area contributed by atoms with Crippen molar-refractivity contribution in [2.24, 2.45) is 22.5 Å². The number of hydrogen-bond donors (Lipinski definition) is 4. The number of carbonyl (C=O) groups is 4.